The Balaban J connectivity index is 0.00000172. The Labute approximate surface area is 122 Å². The molecule has 0 bridgehead atoms. The van der Waals surface area contributed by atoms with E-state index in [-0.39, 0.29) is 5.91 Å². The van der Waals surface area contributed by atoms with Gasteiger partial charge in [-0.2, -0.15) is 0 Å². The number of nitrogens with zero attached hydrogens (tertiary/aromatic N) is 1. The molecule has 1 amide bonds. The van der Waals surface area contributed by atoms with Crippen LogP contribution in [0.3, 0.4) is 0 Å². The first-order valence-corrected chi connectivity index (χ1v) is 7.26. The summed E-state index contributed by atoms with van der Waals surface area (Å²) in [5.74, 6) is 0.348. The molecule has 114 valence electrons. The number of aromatic hydroxyl groups is 1. The molecule has 4 nitrogen and oxygen atoms in total. The van der Waals surface area contributed by atoms with Crippen LogP contribution in [-0.4, -0.2) is 35.5 Å². The smallest absolute Gasteiger partial charge is 0.221 e. The van der Waals surface area contributed by atoms with E-state index in [1.165, 1.54) is 0 Å². The van der Waals surface area contributed by atoms with Crippen molar-refractivity contribution >= 4 is 5.91 Å². The molecule has 0 spiro atoms. The van der Waals surface area contributed by atoms with Gasteiger partial charge < -0.3 is 10.4 Å². The first-order valence-electron chi connectivity index (χ1n) is 7.26. The molecule has 2 N–H and O–H groups in total. The quantitative estimate of drug-likeness (QED) is 0.842. The Morgan fingerprint density at radius 1 is 1.30 bits per heavy atom. The monoisotopic (exact) mass is 280 g/mol. The average molecular weight is 280 g/mol. The van der Waals surface area contributed by atoms with Crippen molar-refractivity contribution in [2.24, 2.45) is 0 Å². The minimum atomic E-state index is 0.0398. The second-order valence-corrected chi connectivity index (χ2v) is 4.62. The van der Waals surface area contributed by atoms with Gasteiger partial charge in [-0.25, -0.2) is 0 Å². The fourth-order valence-corrected chi connectivity index (χ4v) is 1.75. The number of phenolic OH excluding ortho intramolecular Hbond substituents is 1. The van der Waals surface area contributed by atoms with Crippen LogP contribution in [0.15, 0.2) is 24.3 Å². The van der Waals surface area contributed by atoms with Crippen LogP contribution in [0, 0.1) is 0 Å². The van der Waals surface area contributed by atoms with Gasteiger partial charge in [0.2, 0.25) is 5.91 Å². The summed E-state index contributed by atoms with van der Waals surface area (Å²) in [7, 11) is 1.64. The fraction of sp³-hybridized carbons (Fsp3) is 0.562. The molecule has 0 aliphatic rings. The largest absolute Gasteiger partial charge is 0.508 e. The zero-order valence-corrected chi connectivity index (χ0v) is 13.3. The lowest BCUT2D eigenvalue weighted by atomic mass is 10.1. The van der Waals surface area contributed by atoms with E-state index < -0.39 is 0 Å². The van der Waals surface area contributed by atoms with E-state index in [1.807, 2.05) is 32.0 Å². The predicted molar refractivity (Wildman–Crippen MR) is 83.7 cm³/mol. The molecule has 0 unspecified atom stereocenters. The minimum Gasteiger partial charge on any atom is -0.508 e. The third-order valence-electron chi connectivity index (χ3n) is 3.00. The molecule has 0 radical (unpaired) electrons. The van der Waals surface area contributed by atoms with Crippen LogP contribution in [0.4, 0.5) is 0 Å². The summed E-state index contributed by atoms with van der Waals surface area (Å²) < 4.78 is 0. The number of hydrogen-bond donors (Lipinski definition) is 2. The maximum atomic E-state index is 11.3. The average Bonchev–Trinajstić information content (AvgIpc) is 2.46. The summed E-state index contributed by atoms with van der Waals surface area (Å²) in [5.41, 5.74) is 0.892. The molecule has 0 aliphatic carbocycles. The summed E-state index contributed by atoms with van der Waals surface area (Å²) >= 11 is 0. The zero-order valence-electron chi connectivity index (χ0n) is 13.3. The van der Waals surface area contributed by atoms with E-state index in [0.717, 1.165) is 5.56 Å². The summed E-state index contributed by atoms with van der Waals surface area (Å²) in [6, 6.07) is 7.64. The van der Waals surface area contributed by atoms with Crippen molar-refractivity contribution in [3.05, 3.63) is 29.8 Å². The predicted octanol–water partition coefficient (Wildman–Crippen LogP) is 2.76. The minimum absolute atomic E-state index is 0.0398. The van der Waals surface area contributed by atoms with Crippen molar-refractivity contribution in [2.75, 3.05) is 13.6 Å². The number of carbonyl (C=O) groups excluding carboxylic acids is 1. The molecule has 1 rings (SSSR count). The zero-order chi connectivity index (χ0) is 15.5. The van der Waals surface area contributed by atoms with Gasteiger partial charge in [-0.15, -0.1) is 0 Å². The summed E-state index contributed by atoms with van der Waals surface area (Å²) in [6.07, 6.45) is 0.474. The van der Waals surface area contributed by atoms with E-state index in [4.69, 9.17) is 0 Å². The summed E-state index contributed by atoms with van der Waals surface area (Å²) in [4.78, 5) is 13.4. The molecule has 0 saturated heterocycles. The number of rotatable bonds is 6. The summed E-state index contributed by atoms with van der Waals surface area (Å²) in [6.45, 7) is 9.51. The number of phenols is 1. The Hall–Kier alpha value is -1.55. The van der Waals surface area contributed by atoms with Crippen molar-refractivity contribution < 1.29 is 9.90 Å². The highest BCUT2D eigenvalue weighted by Crippen LogP contribution is 2.18. The van der Waals surface area contributed by atoms with Crippen LogP contribution >= 0.6 is 0 Å². The third kappa shape index (κ3) is 6.57. The van der Waals surface area contributed by atoms with Gasteiger partial charge in [-0.1, -0.05) is 32.0 Å². The van der Waals surface area contributed by atoms with Gasteiger partial charge in [0.15, 0.2) is 0 Å². The van der Waals surface area contributed by atoms with Gasteiger partial charge in [0.25, 0.3) is 0 Å². The Morgan fingerprint density at radius 3 is 2.40 bits per heavy atom. The van der Waals surface area contributed by atoms with E-state index >= 15 is 0 Å². The number of nitrogens with one attached hydrogen (secondary N) is 1. The van der Waals surface area contributed by atoms with E-state index in [2.05, 4.69) is 24.1 Å². The van der Waals surface area contributed by atoms with Crippen LogP contribution in [0.1, 0.15) is 39.7 Å². The van der Waals surface area contributed by atoms with E-state index in [9.17, 15) is 9.90 Å². The molecule has 1 aromatic rings. The molecule has 20 heavy (non-hydrogen) atoms. The first kappa shape index (κ1) is 18.4. The van der Waals surface area contributed by atoms with Gasteiger partial charge in [0.1, 0.15) is 5.75 Å². The normalized spacial score (nSPS) is 10.2. The molecule has 0 saturated carbocycles. The topological polar surface area (TPSA) is 52.6 Å². The van der Waals surface area contributed by atoms with Crippen LogP contribution in [0.5, 0.6) is 5.75 Å². The Bertz CT molecular complexity index is 392. The van der Waals surface area contributed by atoms with E-state index in [0.29, 0.717) is 31.3 Å². The Kier molecular flexibility index (Phi) is 9.47. The fourth-order valence-electron chi connectivity index (χ4n) is 1.75. The highest BCUT2D eigenvalue weighted by Gasteiger charge is 2.13. The van der Waals surface area contributed by atoms with Crippen LogP contribution in [-0.2, 0) is 11.3 Å². The lowest BCUT2D eigenvalue weighted by molar-refractivity contribution is -0.121. The number of hydrogen-bond acceptors (Lipinski definition) is 3. The maximum Gasteiger partial charge on any atom is 0.221 e. The van der Waals surface area contributed by atoms with Crippen molar-refractivity contribution in [1.29, 1.82) is 0 Å². The second kappa shape index (κ2) is 10.3. The molecule has 0 aliphatic heterocycles. The van der Waals surface area contributed by atoms with Crippen molar-refractivity contribution in [3.8, 4) is 5.75 Å². The van der Waals surface area contributed by atoms with Gasteiger partial charge in [0, 0.05) is 38.2 Å². The lowest BCUT2D eigenvalue weighted by Gasteiger charge is -2.26. The number of para-hydroxylation sites is 1. The second-order valence-electron chi connectivity index (χ2n) is 4.62. The van der Waals surface area contributed by atoms with Crippen molar-refractivity contribution in [3.63, 3.8) is 0 Å². The van der Waals surface area contributed by atoms with Crippen LogP contribution < -0.4 is 5.32 Å². The van der Waals surface area contributed by atoms with Crippen molar-refractivity contribution in [1.82, 2.24) is 10.2 Å². The van der Waals surface area contributed by atoms with Crippen molar-refractivity contribution in [2.45, 2.75) is 46.7 Å². The molecule has 0 atom stereocenters. The molecular weight excluding hydrogens is 252 g/mol. The van der Waals surface area contributed by atoms with Gasteiger partial charge in [-0.3, -0.25) is 9.69 Å². The van der Waals surface area contributed by atoms with Gasteiger partial charge in [-0.05, 0) is 19.9 Å². The molecule has 1 aromatic carbocycles. The van der Waals surface area contributed by atoms with E-state index in [1.54, 1.807) is 13.1 Å². The maximum absolute atomic E-state index is 11.3. The molecule has 4 heteroatoms. The standard InChI is InChI=1S/C14H22N2O2.C2H6/c1-11(2)16(9-8-14(18)15-3)10-12-6-4-5-7-13(12)17;1-2/h4-7,11,17H,8-10H2,1-3H3,(H,15,18);1-2H3. The Morgan fingerprint density at radius 2 is 1.90 bits per heavy atom. The molecule has 0 aromatic heterocycles. The summed E-state index contributed by atoms with van der Waals surface area (Å²) in [5, 5.41) is 12.4. The lowest BCUT2D eigenvalue weighted by Crippen LogP contribution is -2.34. The van der Waals surface area contributed by atoms with Crippen LogP contribution in [0.25, 0.3) is 0 Å². The highest BCUT2D eigenvalue weighted by molar-refractivity contribution is 5.75. The van der Waals surface area contributed by atoms with Gasteiger partial charge in [0.05, 0.1) is 0 Å². The number of benzene rings is 1. The molecular formula is C16H28N2O2. The SMILES string of the molecule is CC.CNC(=O)CCN(Cc1ccccc1O)C(C)C. The highest BCUT2D eigenvalue weighted by atomic mass is 16.3. The third-order valence-corrected chi connectivity index (χ3v) is 3.00. The van der Waals surface area contributed by atoms with Gasteiger partial charge >= 0.3 is 0 Å². The molecule has 0 heterocycles. The first-order chi connectivity index (χ1) is 9.54. The van der Waals surface area contributed by atoms with Crippen LogP contribution in [0.2, 0.25) is 0 Å². The molecule has 0 fully saturated rings. The number of amides is 1. The number of carbonyl (C=O) groups is 1.